The fourth-order valence-corrected chi connectivity index (χ4v) is 3.26. The van der Waals surface area contributed by atoms with Crippen molar-refractivity contribution >= 4 is 11.5 Å². The first-order valence-electron chi connectivity index (χ1n) is 10.1. The first-order chi connectivity index (χ1) is 12.9. The lowest BCUT2D eigenvalue weighted by Gasteiger charge is -2.31. The zero-order valence-electron chi connectivity index (χ0n) is 17.0. The number of rotatable bonds is 10. The lowest BCUT2D eigenvalue weighted by atomic mass is 10.1. The maximum Gasteiger partial charge on any atom is 0.330 e. The van der Waals surface area contributed by atoms with Crippen molar-refractivity contribution in [1.29, 1.82) is 0 Å². The summed E-state index contributed by atoms with van der Waals surface area (Å²) in [6.45, 7) is 12.5. The molecular weight excluding hydrogens is 346 g/mol. The molecule has 0 amide bonds. The van der Waals surface area contributed by atoms with Gasteiger partial charge in [0.05, 0.1) is 13.2 Å². The summed E-state index contributed by atoms with van der Waals surface area (Å²) in [7, 11) is 0. The molecule has 27 heavy (non-hydrogen) atoms. The summed E-state index contributed by atoms with van der Waals surface area (Å²) >= 11 is 0. The summed E-state index contributed by atoms with van der Waals surface area (Å²) in [5, 5.41) is 0. The third-order valence-corrected chi connectivity index (χ3v) is 5.03. The van der Waals surface area contributed by atoms with E-state index in [-0.39, 0.29) is 5.82 Å². The predicted molar refractivity (Wildman–Crippen MR) is 110 cm³/mol. The molecule has 0 atom stereocenters. The number of unbranched alkanes of at least 4 members (excludes halogenated alkanes) is 1. The Hall–Kier alpha value is -1.80. The predicted octanol–water partition coefficient (Wildman–Crippen LogP) is 1.10. The Morgan fingerprint density at radius 2 is 1.89 bits per heavy atom. The molecule has 8 nitrogen and oxygen atoms in total. The van der Waals surface area contributed by atoms with Crippen molar-refractivity contribution in [2.75, 3.05) is 56.6 Å². The number of ether oxygens (including phenoxy) is 1. The average Bonchev–Trinajstić information content (AvgIpc) is 2.63. The Labute approximate surface area is 161 Å². The highest BCUT2D eigenvalue weighted by Crippen LogP contribution is 2.18. The van der Waals surface area contributed by atoms with Crippen molar-refractivity contribution in [3.8, 4) is 0 Å². The number of H-pyrrole nitrogens is 1. The summed E-state index contributed by atoms with van der Waals surface area (Å²) in [5.74, 6) is 0.796. The topological polar surface area (TPSA) is 96.6 Å². The van der Waals surface area contributed by atoms with Gasteiger partial charge < -0.3 is 15.4 Å². The fourth-order valence-electron chi connectivity index (χ4n) is 3.26. The fraction of sp³-hybridized carbons (Fsp3) is 0.789. The Balaban J connectivity index is 2.26. The molecule has 2 rings (SSSR count). The molecule has 1 aromatic heterocycles. The lowest BCUT2D eigenvalue weighted by molar-refractivity contribution is 0.0391. The molecule has 0 unspecified atom stereocenters. The van der Waals surface area contributed by atoms with Crippen LogP contribution in [0.15, 0.2) is 9.59 Å². The van der Waals surface area contributed by atoms with Crippen molar-refractivity contribution in [2.45, 2.75) is 46.6 Å². The van der Waals surface area contributed by atoms with Crippen LogP contribution >= 0.6 is 0 Å². The molecule has 0 bridgehead atoms. The maximum atomic E-state index is 12.6. The Bertz CT molecular complexity index is 692. The van der Waals surface area contributed by atoms with Gasteiger partial charge in [0.2, 0.25) is 0 Å². The van der Waals surface area contributed by atoms with E-state index in [0.29, 0.717) is 24.7 Å². The number of hydrogen-bond acceptors (Lipinski definition) is 6. The molecule has 8 heteroatoms. The number of hydrogen-bond donors (Lipinski definition) is 2. The Morgan fingerprint density at radius 3 is 2.52 bits per heavy atom. The van der Waals surface area contributed by atoms with Gasteiger partial charge in [-0.2, -0.15) is 0 Å². The molecule has 1 aliphatic heterocycles. The van der Waals surface area contributed by atoms with E-state index in [1.54, 1.807) is 0 Å². The normalized spacial score (nSPS) is 15.4. The number of anilines is 2. The minimum atomic E-state index is -0.424. The maximum absolute atomic E-state index is 12.6. The molecule has 154 valence electrons. The first-order valence-corrected chi connectivity index (χ1v) is 10.1. The second-order valence-corrected chi connectivity index (χ2v) is 7.62. The minimum Gasteiger partial charge on any atom is -0.383 e. The molecule has 0 spiro atoms. The summed E-state index contributed by atoms with van der Waals surface area (Å²) in [5.41, 5.74) is 5.92. The van der Waals surface area contributed by atoms with Crippen molar-refractivity contribution in [1.82, 2.24) is 14.5 Å². The molecule has 0 radical (unpaired) electrons. The zero-order valence-corrected chi connectivity index (χ0v) is 17.0. The van der Waals surface area contributed by atoms with E-state index in [0.717, 1.165) is 58.7 Å². The molecule has 1 aliphatic rings. The number of aromatic nitrogens is 2. The van der Waals surface area contributed by atoms with E-state index in [1.807, 2.05) is 4.90 Å². The first kappa shape index (κ1) is 21.5. The van der Waals surface area contributed by atoms with Gasteiger partial charge in [0, 0.05) is 39.3 Å². The van der Waals surface area contributed by atoms with Crippen molar-refractivity contribution in [2.24, 2.45) is 5.92 Å². The number of aromatic amines is 1. The summed E-state index contributed by atoms with van der Waals surface area (Å²) in [6, 6.07) is 0. The van der Waals surface area contributed by atoms with Gasteiger partial charge in [-0.3, -0.25) is 19.2 Å². The van der Waals surface area contributed by atoms with Gasteiger partial charge in [-0.05, 0) is 18.8 Å². The van der Waals surface area contributed by atoms with Gasteiger partial charge in [-0.15, -0.1) is 0 Å². The van der Waals surface area contributed by atoms with E-state index in [2.05, 4.69) is 30.7 Å². The second kappa shape index (κ2) is 10.5. The molecule has 1 aromatic rings. The van der Waals surface area contributed by atoms with Gasteiger partial charge in [0.15, 0.2) is 0 Å². The van der Waals surface area contributed by atoms with Gasteiger partial charge in [0.1, 0.15) is 11.5 Å². The van der Waals surface area contributed by atoms with E-state index < -0.39 is 11.2 Å². The molecular formula is C19H35N5O3. The lowest BCUT2D eigenvalue weighted by Crippen LogP contribution is -2.44. The highest BCUT2D eigenvalue weighted by atomic mass is 16.5. The van der Waals surface area contributed by atoms with Crippen LogP contribution in [0.25, 0.3) is 0 Å². The van der Waals surface area contributed by atoms with Crippen LogP contribution in [0, 0.1) is 5.92 Å². The third-order valence-electron chi connectivity index (χ3n) is 5.03. The second-order valence-electron chi connectivity index (χ2n) is 7.62. The largest absolute Gasteiger partial charge is 0.383 e. The molecule has 3 N–H and O–H groups in total. The van der Waals surface area contributed by atoms with E-state index in [9.17, 15) is 9.59 Å². The molecule has 0 saturated carbocycles. The zero-order chi connectivity index (χ0) is 19.8. The Kier molecular flexibility index (Phi) is 8.37. The number of nitrogens with zero attached hydrogens (tertiary/aromatic N) is 3. The van der Waals surface area contributed by atoms with Gasteiger partial charge in [-0.1, -0.05) is 27.2 Å². The van der Waals surface area contributed by atoms with Gasteiger partial charge in [-0.25, -0.2) is 4.79 Å². The van der Waals surface area contributed by atoms with E-state index >= 15 is 0 Å². The van der Waals surface area contributed by atoms with Crippen LogP contribution < -0.4 is 21.9 Å². The van der Waals surface area contributed by atoms with Crippen molar-refractivity contribution in [3.63, 3.8) is 0 Å². The van der Waals surface area contributed by atoms with Crippen LogP contribution in [0.4, 0.5) is 11.5 Å². The molecule has 1 saturated heterocycles. The number of nitrogens with two attached hydrogens (primary N) is 1. The van der Waals surface area contributed by atoms with Gasteiger partial charge >= 0.3 is 5.69 Å². The standard InChI is InChI=1S/C19H35N5O3/c1-4-5-7-24-17(20)16(18(25)21-19(24)26)23(8-6-15(2)3)10-9-22-11-13-27-14-12-22/h15H,4-14,20H2,1-3H3,(H,21,25,26). The van der Waals surface area contributed by atoms with Crippen LogP contribution in [0.2, 0.25) is 0 Å². The summed E-state index contributed by atoms with van der Waals surface area (Å²) in [6.07, 6.45) is 2.75. The van der Waals surface area contributed by atoms with Crippen LogP contribution in [-0.4, -0.2) is 60.4 Å². The minimum absolute atomic E-state index is 0.280. The van der Waals surface area contributed by atoms with Gasteiger partial charge in [0.25, 0.3) is 5.56 Å². The molecule has 0 aromatic carbocycles. The number of morpholine rings is 1. The SMILES string of the molecule is CCCCn1c(N)c(N(CCC(C)C)CCN2CCOCC2)c(=O)[nH]c1=O. The quantitative estimate of drug-likeness (QED) is 0.630. The Morgan fingerprint density at radius 1 is 1.19 bits per heavy atom. The van der Waals surface area contributed by atoms with Crippen molar-refractivity contribution < 1.29 is 4.74 Å². The van der Waals surface area contributed by atoms with Crippen molar-refractivity contribution in [3.05, 3.63) is 20.8 Å². The smallest absolute Gasteiger partial charge is 0.330 e. The average molecular weight is 382 g/mol. The van der Waals surface area contributed by atoms with E-state index in [4.69, 9.17) is 10.5 Å². The number of nitrogen functional groups attached to an aromatic ring is 1. The van der Waals surface area contributed by atoms with Crippen LogP contribution in [-0.2, 0) is 11.3 Å². The monoisotopic (exact) mass is 381 g/mol. The third kappa shape index (κ3) is 6.10. The molecule has 0 aliphatic carbocycles. The highest BCUT2D eigenvalue weighted by Gasteiger charge is 2.20. The van der Waals surface area contributed by atoms with Crippen LogP contribution in [0.3, 0.4) is 0 Å². The molecule has 2 heterocycles. The summed E-state index contributed by atoms with van der Waals surface area (Å²) < 4.78 is 6.90. The van der Waals surface area contributed by atoms with Crippen LogP contribution in [0.1, 0.15) is 40.0 Å². The summed E-state index contributed by atoms with van der Waals surface area (Å²) in [4.78, 5) is 31.6. The van der Waals surface area contributed by atoms with E-state index in [1.165, 1.54) is 4.57 Å². The highest BCUT2D eigenvalue weighted by molar-refractivity contribution is 5.62. The number of nitrogens with one attached hydrogen (secondary N) is 1. The molecule has 1 fully saturated rings. The van der Waals surface area contributed by atoms with Crippen LogP contribution in [0.5, 0.6) is 0 Å².